The Bertz CT molecular complexity index is 551. The highest BCUT2D eigenvalue weighted by Crippen LogP contribution is 2.31. The van der Waals surface area contributed by atoms with Crippen LogP contribution in [0.2, 0.25) is 0 Å². The lowest BCUT2D eigenvalue weighted by Crippen LogP contribution is -2.77. The molecular weight excluding hydrogens is 432 g/mol. The van der Waals surface area contributed by atoms with Gasteiger partial charge in [0.2, 0.25) is 0 Å². The molecule has 7 heteroatoms. The predicted molar refractivity (Wildman–Crippen MR) is 134 cm³/mol. The highest BCUT2D eigenvalue weighted by molar-refractivity contribution is 4.89. The Labute approximate surface area is 208 Å². The van der Waals surface area contributed by atoms with Gasteiger partial charge in [0.25, 0.3) is 0 Å². The monoisotopic (exact) mass is 486 g/mol. The molecule has 200 valence electrons. The second-order valence-corrected chi connectivity index (χ2v) is 11.6. The molecule has 5 atom stereocenters. The normalized spacial score (nSPS) is 37.9. The number of piperazine rings is 3. The third kappa shape index (κ3) is 7.61. The molecule has 0 spiro atoms. The van der Waals surface area contributed by atoms with Crippen molar-refractivity contribution < 1.29 is 33.8 Å². The number of aliphatic hydroxyl groups is 3. The molecule has 0 aliphatic carbocycles. The maximum absolute atomic E-state index is 10.5. The molecule has 0 unspecified atom stereocenters. The van der Waals surface area contributed by atoms with Crippen molar-refractivity contribution >= 4 is 0 Å². The highest BCUT2D eigenvalue weighted by atomic mass is 16.7. The van der Waals surface area contributed by atoms with Crippen molar-refractivity contribution in [1.82, 2.24) is 0 Å². The van der Waals surface area contributed by atoms with Gasteiger partial charge in [-0.25, -0.2) is 0 Å². The zero-order valence-corrected chi connectivity index (χ0v) is 22.1. The van der Waals surface area contributed by atoms with Crippen LogP contribution >= 0.6 is 0 Å². The fourth-order valence-corrected chi connectivity index (χ4v) is 6.49. The van der Waals surface area contributed by atoms with E-state index in [1.54, 1.807) is 0 Å². The van der Waals surface area contributed by atoms with Crippen molar-refractivity contribution in [1.29, 1.82) is 0 Å². The highest BCUT2D eigenvalue weighted by Gasteiger charge is 2.53. The fourth-order valence-electron chi connectivity index (χ4n) is 6.49. The summed E-state index contributed by atoms with van der Waals surface area (Å²) in [6, 6.07) is 0. The SMILES string of the molecule is CCCCCCCCCCCCCC[N+]12CC[N+](C[C@H]3O[C@H](OC)[C@H](O)[C@@H](O)[C@@H]3O)(CC1)CC2. The Balaban J connectivity index is 1.29. The molecule has 0 amide bonds. The number of hydrogen-bond donors (Lipinski definition) is 3. The smallest absolute Gasteiger partial charge is 0.186 e. The molecule has 2 bridgehead atoms. The van der Waals surface area contributed by atoms with E-state index < -0.39 is 30.7 Å². The van der Waals surface area contributed by atoms with Gasteiger partial charge in [-0.1, -0.05) is 71.1 Å². The summed E-state index contributed by atoms with van der Waals surface area (Å²) in [5, 5.41) is 30.8. The maximum atomic E-state index is 10.5. The minimum absolute atomic E-state index is 0.502. The van der Waals surface area contributed by atoms with E-state index in [1.807, 2.05) is 0 Å². The lowest BCUT2D eigenvalue weighted by atomic mass is 9.96. The van der Waals surface area contributed by atoms with Crippen molar-refractivity contribution in [3.63, 3.8) is 0 Å². The Kier molecular flexibility index (Phi) is 11.5. The number of ether oxygens (including phenoxy) is 2. The third-order valence-corrected chi connectivity index (χ3v) is 9.10. The van der Waals surface area contributed by atoms with E-state index >= 15 is 0 Å². The summed E-state index contributed by atoms with van der Waals surface area (Å²) in [7, 11) is 1.46. The van der Waals surface area contributed by atoms with E-state index in [9.17, 15) is 15.3 Å². The average molecular weight is 487 g/mol. The van der Waals surface area contributed by atoms with Gasteiger partial charge in [0.15, 0.2) is 6.29 Å². The maximum Gasteiger partial charge on any atom is 0.186 e. The molecule has 0 saturated carbocycles. The molecule has 4 saturated heterocycles. The molecular formula is C27H54N2O5+2. The fraction of sp³-hybridized carbons (Fsp3) is 1.00. The Morgan fingerprint density at radius 2 is 1.12 bits per heavy atom. The molecule has 0 aromatic carbocycles. The molecule has 4 aliphatic heterocycles. The van der Waals surface area contributed by atoms with E-state index in [0.717, 1.165) is 24.1 Å². The molecule has 34 heavy (non-hydrogen) atoms. The number of methoxy groups -OCH3 is 1. The number of unbranched alkanes of at least 4 members (excludes halogenated alkanes) is 11. The number of fused-ring (bicyclic) bond motifs is 3. The number of rotatable bonds is 16. The van der Waals surface area contributed by atoms with Gasteiger partial charge in [0, 0.05) is 7.11 Å². The Hall–Kier alpha value is -0.280. The van der Waals surface area contributed by atoms with Crippen LogP contribution in [0.4, 0.5) is 0 Å². The molecule has 0 radical (unpaired) electrons. The average Bonchev–Trinajstić information content (AvgIpc) is 2.86. The first-order chi connectivity index (χ1) is 16.4. The molecule has 4 fully saturated rings. The van der Waals surface area contributed by atoms with Crippen LogP contribution in [0.1, 0.15) is 84.0 Å². The van der Waals surface area contributed by atoms with E-state index in [-0.39, 0.29) is 0 Å². The summed E-state index contributed by atoms with van der Waals surface area (Å²) >= 11 is 0. The van der Waals surface area contributed by atoms with Crippen LogP contribution in [0, 0.1) is 0 Å². The summed E-state index contributed by atoms with van der Waals surface area (Å²) in [4.78, 5) is 0. The molecule has 4 heterocycles. The first kappa shape index (κ1) is 28.3. The summed E-state index contributed by atoms with van der Waals surface area (Å²) in [6.45, 7) is 11.2. The predicted octanol–water partition coefficient (Wildman–Crippen LogP) is 2.80. The lowest BCUT2D eigenvalue weighted by Gasteiger charge is -2.57. The van der Waals surface area contributed by atoms with Crippen molar-refractivity contribution in [2.45, 2.75) is 115 Å². The van der Waals surface area contributed by atoms with Gasteiger partial charge < -0.3 is 33.8 Å². The van der Waals surface area contributed by atoms with Gasteiger partial charge in [-0.3, -0.25) is 0 Å². The van der Waals surface area contributed by atoms with Gasteiger partial charge in [-0.15, -0.1) is 0 Å². The lowest BCUT2D eigenvalue weighted by molar-refractivity contribution is -1.08. The van der Waals surface area contributed by atoms with Crippen LogP contribution in [-0.2, 0) is 9.47 Å². The largest absolute Gasteiger partial charge is 0.387 e. The standard InChI is InChI=1S/C27H54N2O5/c1-3-4-5-6-7-8-9-10-11-12-13-14-15-28-16-19-29(20-17-28,21-18-28)22-23-24(30)25(31)26(32)27(33-2)34-23/h23-27,30-32H,3-22H2,1-2H3/q+2/t23-,24-,25+,26-,27+,28?,29?/m1/s1. The number of quaternary nitrogens is 2. The van der Waals surface area contributed by atoms with Gasteiger partial charge >= 0.3 is 0 Å². The first-order valence-electron chi connectivity index (χ1n) is 14.4. The van der Waals surface area contributed by atoms with E-state index in [2.05, 4.69) is 6.92 Å². The zero-order chi connectivity index (χ0) is 24.4. The van der Waals surface area contributed by atoms with Crippen molar-refractivity contribution in [2.75, 3.05) is 59.5 Å². The van der Waals surface area contributed by atoms with Crippen molar-refractivity contribution in [3.05, 3.63) is 0 Å². The minimum Gasteiger partial charge on any atom is -0.387 e. The summed E-state index contributed by atoms with van der Waals surface area (Å²) in [5.41, 5.74) is 0. The van der Waals surface area contributed by atoms with Crippen LogP contribution < -0.4 is 0 Å². The molecule has 0 aromatic heterocycles. The van der Waals surface area contributed by atoms with Crippen molar-refractivity contribution in [2.24, 2.45) is 0 Å². The van der Waals surface area contributed by atoms with Gasteiger partial charge in [0.05, 0.1) is 6.54 Å². The van der Waals surface area contributed by atoms with Crippen LogP contribution in [0.3, 0.4) is 0 Å². The van der Waals surface area contributed by atoms with E-state index in [1.165, 1.54) is 115 Å². The van der Waals surface area contributed by atoms with Crippen LogP contribution in [0.15, 0.2) is 0 Å². The summed E-state index contributed by atoms with van der Waals surface area (Å²) in [6.07, 6.45) is 11.9. The first-order valence-corrected chi connectivity index (χ1v) is 14.4. The Morgan fingerprint density at radius 1 is 0.647 bits per heavy atom. The third-order valence-electron chi connectivity index (χ3n) is 9.10. The second-order valence-electron chi connectivity index (χ2n) is 11.6. The number of nitrogens with zero attached hydrogens (tertiary/aromatic N) is 2. The molecule has 0 aromatic rings. The van der Waals surface area contributed by atoms with Gasteiger partial charge in [0.1, 0.15) is 70.2 Å². The number of aliphatic hydroxyl groups excluding tert-OH is 3. The van der Waals surface area contributed by atoms with Crippen LogP contribution in [-0.4, -0.2) is 114 Å². The topological polar surface area (TPSA) is 79.2 Å². The molecule has 4 rings (SSSR count). The molecule has 3 N–H and O–H groups in total. The van der Waals surface area contributed by atoms with Crippen LogP contribution in [0.25, 0.3) is 0 Å². The van der Waals surface area contributed by atoms with Crippen molar-refractivity contribution in [3.8, 4) is 0 Å². The summed E-state index contributed by atoms with van der Waals surface area (Å²) < 4.78 is 13.3. The van der Waals surface area contributed by atoms with Gasteiger partial charge in [-0.2, -0.15) is 0 Å². The molecule has 4 aliphatic rings. The van der Waals surface area contributed by atoms with Gasteiger partial charge in [-0.05, 0) is 12.8 Å². The minimum atomic E-state index is -1.22. The van der Waals surface area contributed by atoms with Crippen LogP contribution in [0.5, 0.6) is 0 Å². The molecule has 7 nitrogen and oxygen atoms in total. The summed E-state index contributed by atoms with van der Waals surface area (Å²) in [5.74, 6) is 0. The zero-order valence-electron chi connectivity index (χ0n) is 22.1. The second kappa shape index (κ2) is 13.9. The number of hydrogen-bond acceptors (Lipinski definition) is 5. The Morgan fingerprint density at radius 3 is 1.62 bits per heavy atom. The van der Waals surface area contributed by atoms with E-state index in [0.29, 0.717) is 6.54 Å². The van der Waals surface area contributed by atoms with E-state index in [4.69, 9.17) is 9.47 Å². The quantitative estimate of drug-likeness (QED) is 0.231.